The molecule has 0 spiro atoms. The normalized spacial score (nSPS) is 34.8. The zero-order valence-corrected chi connectivity index (χ0v) is 8.89. The van der Waals surface area contributed by atoms with Gasteiger partial charge in [-0.3, -0.25) is 0 Å². The minimum atomic E-state index is 0.904. The zero-order valence-electron chi connectivity index (χ0n) is 8.89. The van der Waals surface area contributed by atoms with Crippen LogP contribution in [0.25, 0.3) is 0 Å². The Morgan fingerprint density at radius 1 is 1.15 bits per heavy atom. The quantitative estimate of drug-likeness (QED) is 0.703. The van der Waals surface area contributed by atoms with Crippen molar-refractivity contribution >= 4 is 0 Å². The van der Waals surface area contributed by atoms with Crippen LogP contribution in [0.2, 0.25) is 0 Å². The maximum atomic E-state index is 3.62. The topological polar surface area (TPSA) is 12.0 Å². The number of rotatable bonds is 4. The van der Waals surface area contributed by atoms with Gasteiger partial charge in [0, 0.05) is 6.04 Å². The van der Waals surface area contributed by atoms with Crippen molar-refractivity contribution in [2.45, 2.75) is 57.9 Å². The van der Waals surface area contributed by atoms with Gasteiger partial charge in [-0.15, -0.1) is 0 Å². The second kappa shape index (κ2) is 4.45. The van der Waals surface area contributed by atoms with Crippen LogP contribution in [0.1, 0.15) is 51.9 Å². The monoisotopic (exact) mass is 181 g/mol. The van der Waals surface area contributed by atoms with E-state index in [1.807, 2.05) is 0 Å². The van der Waals surface area contributed by atoms with Gasteiger partial charge in [0.15, 0.2) is 0 Å². The van der Waals surface area contributed by atoms with Crippen LogP contribution in [-0.4, -0.2) is 12.6 Å². The Bertz CT molecular complexity index is 151. The lowest BCUT2D eigenvalue weighted by atomic mass is 9.81. The van der Waals surface area contributed by atoms with Crippen molar-refractivity contribution in [1.29, 1.82) is 0 Å². The Kier molecular flexibility index (Phi) is 3.26. The van der Waals surface area contributed by atoms with E-state index in [2.05, 4.69) is 12.2 Å². The van der Waals surface area contributed by atoms with Gasteiger partial charge in [0.1, 0.15) is 0 Å². The highest BCUT2D eigenvalue weighted by molar-refractivity contribution is 4.81. The first-order valence-electron chi connectivity index (χ1n) is 6.08. The lowest BCUT2D eigenvalue weighted by Gasteiger charge is -2.26. The Morgan fingerprint density at radius 2 is 2.00 bits per heavy atom. The molecule has 76 valence electrons. The molecule has 0 aromatic rings. The molecule has 2 saturated carbocycles. The highest BCUT2D eigenvalue weighted by Crippen LogP contribution is 2.30. The van der Waals surface area contributed by atoms with Crippen LogP contribution >= 0.6 is 0 Å². The van der Waals surface area contributed by atoms with Crippen molar-refractivity contribution in [3.8, 4) is 0 Å². The second-order valence-corrected chi connectivity index (χ2v) is 5.15. The van der Waals surface area contributed by atoms with Crippen LogP contribution in [0, 0.1) is 11.8 Å². The molecule has 1 heteroatoms. The maximum absolute atomic E-state index is 3.62. The van der Waals surface area contributed by atoms with Gasteiger partial charge in [0.25, 0.3) is 0 Å². The van der Waals surface area contributed by atoms with Gasteiger partial charge in [-0.2, -0.15) is 0 Å². The highest BCUT2D eigenvalue weighted by Gasteiger charge is 2.22. The molecule has 2 aliphatic carbocycles. The van der Waals surface area contributed by atoms with Crippen LogP contribution in [0.15, 0.2) is 0 Å². The lowest BCUT2D eigenvalue weighted by molar-refractivity contribution is 0.267. The summed E-state index contributed by atoms with van der Waals surface area (Å²) in [7, 11) is 0. The molecule has 0 heterocycles. The smallest absolute Gasteiger partial charge is 0.00682 e. The van der Waals surface area contributed by atoms with Crippen LogP contribution < -0.4 is 5.32 Å². The molecule has 2 unspecified atom stereocenters. The summed E-state index contributed by atoms with van der Waals surface area (Å²) in [6.45, 7) is 3.70. The third kappa shape index (κ3) is 3.30. The molecule has 0 amide bonds. The summed E-state index contributed by atoms with van der Waals surface area (Å²) >= 11 is 0. The van der Waals surface area contributed by atoms with Crippen molar-refractivity contribution in [2.75, 3.05) is 6.54 Å². The fraction of sp³-hybridized carbons (Fsp3) is 1.00. The summed E-state index contributed by atoms with van der Waals surface area (Å²) in [5.74, 6) is 2.04. The molecule has 0 radical (unpaired) electrons. The van der Waals surface area contributed by atoms with E-state index in [1.54, 1.807) is 0 Å². The molecule has 1 nitrogen and oxygen atoms in total. The maximum Gasteiger partial charge on any atom is 0.00682 e. The predicted octanol–water partition coefficient (Wildman–Crippen LogP) is 2.95. The molecule has 2 fully saturated rings. The summed E-state index contributed by atoms with van der Waals surface area (Å²) in [5.41, 5.74) is 0. The first-order valence-corrected chi connectivity index (χ1v) is 6.08. The van der Waals surface area contributed by atoms with Crippen molar-refractivity contribution in [2.24, 2.45) is 11.8 Å². The molecule has 0 aliphatic heterocycles. The largest absolute Gasteiger partial charge is 0.314 e. The van der Waals surface area contributed by atoms with E-state index in [-0.39, 0.29) is 0 Å². The van der Waals surface area contributed by atoms with E-state index in [0.29, 0.717) is 0 Å². The van der Waals surface area contributed by atoms with Gasteiger partial charge < -0.3 is 5.32 Å². The molecule has 2 aliphatic rings. The number of hydrogen-bond donors (Lipinski definition) is 1. The predicted molar refractivity (Wildman–Crippen MR) is 56.8 cm³/mol. The van der Waals surface area contributed by atoms with Crippen LogP contribution in [0.3, 0.4) is 0 Å². The van der Waals surface area contributed by atoms with Gasteiger partial charge in [-0.1, -0.05) is 26.2 Å². The minimum absolute atomic E-state index is 0.904. The molecule has 0 saturated heterocycles. The summed E-state index contributed by atoms with van der Waals surface area (Å²) in [6, 6.07) is 0.904. The van der Waals surface area contributed by atoms with E-state index in [0.717, 1.165) is 17.9 Å². The van der Waals surface area contributed by atoms with Gasteiger partial charge in [-0.05, 0) is 44.1 Å². The third-order valence-electron chi connectivity index (χ3n) is 3.61. The first-order chi connectivity index (χ1) is 6.34. The molecule has 2 atom stereocenters. The molecular formula is C12H23N. The SMILES string of the molecule is CC1CCCC(CCNC2CC2)C1. The number of nitrogens with one attached hydrogen (secondary N) is 1. The first kappa shape index (κ1) is 9.51. The average molecular weight is 181 g/mol. The Morgan fingerprint density at radius 3 is 2.69 bits per heavy atom. The Balaban J connectivity index is 1.56. The zero-order chi connectivity index (χ0) is 9.10. The van der Waals surface area contributed by atoms with E-state index in [4.69, 9.17) is 0 Å². The lowest BCUT2D eigenvalue weighted by Crippen LogP contribution is -2.22. The summed E-state index contributed by atoms with van der Waals surface area (Å²) in [6.07, 6.45) is 10.2. The summed E-state index contributed by atoms with van der Waals surface area (Å²) < 4.78 is 0. The fourth-order valence-electron chi connectivity index (χ4n) is 2.60. The van der Waals surface area contributed by atoms with Gasteiger partial charge in [0.2, 0.25) is 0 Å². The molecule has 13 heavy (non-hydrogen) atoms. The molecule has 0 bridgehead atoms. The van der Waals surface area contributed by atoms with Crippen molar-refractivity contribution in [3.63, 3.8) is 0 Å². The molecule has 2 rings (SSSR count). The minimum Gasteiger partial charge on any atom is -0.314 e. The van der Waals surface area contributed by atoms with Gasteiger partial charge in [-0.25, -0.2) is 0 Å². The van der Waals surface area contributed by atoms with Crippen LogP contribution in [-0.2, 0) is 0 Å². The van der Waals surface area contributed by atoms with Crippen LogP contribution in [0.5, 0.6) is 0 Å². The second-order valence-electron chi connectivity index (χ2n) is 5.15. The summed E-state index contributed by atoms with van der Waals surface area (Å²) in [5, 5.41) is 3.62. The van der Waals surface area contributed by atoms with Crippen molar-refractivity contribution in [1.82, 2.24) is 5.32 Å². The van der Waals surface area contributed by atoms with Crippen molar-refractivity contribution in [3.05, 3.63) is 0 Å². The Hall–Kier alpha value is -0.0400. The van der Waals surface area contributed by atoms with E-state index < -0.39 is 0 Å². The standard InChI is InChI=1S/C12H23N/c1-10-3-2-4-11(9-10)7-8-13-12-5-6-12/h10-13H,2-9H2,1H3. The average Bonchev–Trinajstić information content (AvgIpc) is 2.88. The van der Waals surface area contributed by atoms with E-state index >= 15 is 0 Å². The Labute approximate surface area is 82.3 Å². The fourth-order valence-corrected chi connectivity index (χ4v) is 2.60. The molecule has 0 aromatic carbocycles. The highest BCUT2D eigenvalue weighted by atomic mass is 14.9. The van der Waals surface area contributed by atoms with Crippen molar-refractivity contribution < 1.29 is 0 Å². The van der Waals surface area contributed by atoms with E-state index in [1.165, 1.54) is 51.5 Å². The van der Waals surface area contributed by atoms with E-state index in [9.17, 15) is 0 Å². The van der Waals surface area contributed by atoms with Gasteiger partial charge in [0.05, 0.1) is 0 Å². The van der Waals surface area contributed by atoms with Gasteiger partial charge >= 0.3 is 0 Å². The molecule has 1 N–H and O–H groups in total. The molecule has 0 aromatic heterocycles. The molecular weight excluding hydrogens is 158 g/mol. The third-order valence-corrected chi connectivity index (χ3v) is 3.61. The van der Waals surface area contributed by atoms with Crippen LogP contribution in [0.4, 0.5) is 0 Å². The number of hydrogen-bond acceptors (Lipinski definition) is 1. The summed E-state index contributed by atoms with van der Waals surface area (Å²) in [4.78, 5) is 0.